The van der Waals surface area contributed by atoms with Crippen LogP contribution < -0.4 is 5.32 Å². The quantitative estimate of drug-likeness (QED) is 0.751. The van der Waals surface area contributed by atoms with E-state index in [1.54, 1.807) is 0 Å². The number of hydrogen-bond donors (Lipinski definition) is 1. The minimum atomic E-state index is -0.206. The van der Waals surface area contributed by atoms with Crippen molar-refractivity contribution in [1.29, 1.82) is 0 Å². The summed E-state index contributed by atoms with van der Waals surface area (Å²) in [7, 11) is 0. The summed E-state index contributed by atoms with van der Waals surface area (Å²) < 4.78 is 12.9. The van der Waals surface area contributed by atoms with Crippen molar-refractivity contribution >= 4 is 23.1 Å². The van der Waals surface area contributed by atoms with Gasteiger partial charge in [0.1, 0.15) is 0 Å². The van der Waals surface area contributed by atoms with Gasteiger partial charge in [-0.1, -0.05) is 12.1 Å². The van der Waals surface area contributed by atoms with E-state index in [2.05, 4.69) is 16.0 Å². The van der Waals surface area contributed by atoms with Gasteiger partial charge in [-0.25, -0.2) is 9.78 Å². The molecule has 1 aromatic heterocycles. The highest BCUT2D eigenvalue weighted by Crippen LogP contribution is 2.22. The molecule has 1 atom stereocenters. The largest absolute Gasteiger partial charge is 0.450 e. The van der Waals surface area contributed by atoms with Crippen LogP contribution in [-0.4, -0.2) is 59.5 Å². The van der Waals surface area contributed by atoms with Crippen LogP contribution in [0.5, 0.6) is 0 Å². The molecule has 2 heterocycles. The van der Waals surface area contributed by atoms with Gasteiger partial charge >= 0.3 is 6.09 Å². The summed E-state index contributed by atoms with van der Waals surface area (Å²) in [6, 6.07) is 8.46. The Hall–Kier alpha value is -2.28. The fourth-order valence-corrected chi connectivity index (χ4v) is 3.53. The molecule has 2 aromatic rings. The first-order valence-corrected chi connectivity index (χ1v) is 9.94. The van der Waals surface area contributed by atoms with Gasteiger partial charge in [-0.15, -0.1) is 0 Å². The standard InChI is InChI=1S/C20H30N4O3/c1-3-26-15-14-24-18-10-6-5-9-17(18)22-19(24)21-16-8-7-12-23(13-11-16)20(25)27-4-2/h5-6,9-10,16H,3-4,7-8,11-15H2,1-2H3,(H,21,22). The molecule has 0 aliphatic carbocycles. The molecular weight excluding hydrogens is 344 g/mol. The molecule has 1 aliphatic heterocycles. The number of imidazole rings is 1. The maximum Gasteiger partial charge on any atom is 0.409 e. The number of amides is 1. The van der Waals surface area contributed by atoms with E-state index in [1.807, 2.05) is 36.9 Å². The second kappa shape index (κ2) is 9.60. The maximum atomic E-state index is 12.0. The van der Waals surface area contributed by atoms with Gasteiger partial charge in [0.05, 0.1) is 24.2 Å². The number of carbonyl (C=O) groups is 1. The zero-order valence-electron chi connectivity index (χ0n) is 16.3. The van der Waals surface area contributed by atoms with E-state index in [0.29, 0.717) is 26.4 Å². The first kappa shape index (κ1) is 19.5. The van der Waals surface area contributed by atoms with Crippen LogP contribution in [0.1, 0.15) is 33.1 Å². The lowest BCUT2D eigenvalue weighted by Crippen LogP contribution is -2.33. The zero-order valence-corrected chi connectivity index (χ0v) is 16.3. The summed E-state index contributed by atoms with van der Waals surface area (Å²) in [4.78, 5) is 18.6. The molecule has 148 valence electrons. The molecule has 7 heteroatoms. The summed E-state index contributed by atoms with van der Waals surface area (Å²) in [5, 5.41) is 3.61. The van der Waals surface area contributed by atoms with Crippen LogP contribution in [-0.2, 0) is 16.0 Å². The average Bonchev–Trinajstić information content (AvgIpc) is 2.84. The van der Waals surface area contributed by atoms with E-state index in [4.69, 9.17) is 14.5 Å². The van der Waals surface area contributed by atoms with E-state index in [-0.39, 0.29) is 12.1 Å². The van der Waals surface area contributed by atoms with Crippen molar-refractivity contribution in [3.8, 4) is 0 Å². The number of para-hydroxylation sites is 2. The zero-order chi connectivity index (χ0) is 19.1. The molecule has 7 nitrogen and oxygen atoms in total. The van der Waals surface area contributed by atoms with Crippen LogP contribution in [0.15, 0.2) is 24.3 Å². The van der Waals surface area contributed by atoms with Crippen molar-refractivity contribution in [2.45, 2.75) is 45.7 Å². The predicted molar refractivity (Wildman–Crippen MR) is 106 cm³/mol. The lowest BCUT2D eigenvalue weighted by Gasteiger charge is -2.20. The third-order valence-electron chi connectivity index (χ3n) is 4.91. The van der Waals surface area contributed by atoms with Crippen LogP contribution in [0.4, 0.5) is 10.7 Å². The Morgan fingerprint density at radius 1 is 1.22 bits per heavy atom. The number of rotatable bonds is 7. The maximum absolute atomic E-state index is 12.0. The topological polar surface area (TPSA) is 68.6 Å². The summed E-state index contributed by atoms with van der Waals surface area (Å²) >= 11 is 0. The number of aromatic nitrogens is 2. The fraction of sp³-hybridized carbons (Fsp3) is 0.600. The number of ether oxygens (including phenoxy) is 2. The van der Waals surface area contributed by atoms with Crippen LogP contribution in [0.25, 0.3) is 11.0 Å². The van der Waals surface area contributed by atoms with E-state index in [0.717, 1.165) is 49.3 Å². The molecule has 0 bridgehead atoms. The number of fused-ring (bicyclic) bond motifs is 1. The number of anilines is 1. The van der Waals surface area contributed by atoms with Gasteiger partial charge in [0, 0.05) is 32.3 Å². The van der Waals surface area contributed by atoms with Gasteiger partial charge in [0.25, 0.3) is 0 Å². The molecule has 0 saturated carbocycles. The Balaban J connectivity index is 1.70. The highest BCUT2D eigenvalue weighted by atomic mass is 16.6. The molecule has 0 spiro atoms. The Bertz CT molecular complexity index is 746. The van der Waals surface area contributed by atoms with Gasteiger partial charge in [0.15, 0.2) is 0 Å². The third-order valence-corrected chi connectivity index (χ3v) is 4.91. The average molecular weight is 374 g/mol. The van der Waals surface area contributed by atoms with Crippen LogP contribution in [0.3, 0.4) is 0 Å². The van der Waals surface area contributed by atoms with Gasteiger partial charge in [-0.05, 0) is 45.2 Å². The summed E-state index contributed by atoms with van der Waals surface area (Å²) in [5.41, 5.74) is 2.10. The Kier molecular flexibility index (Phi) is 6.92. The third kappa shape index (κ3) is 4.91. The van der Waals surface area contributed by atoms with Crippen molar-refractivity contribution in [2.75, 3.05) is 38.2 Å². The van der Waals surface area contributed by atoms with Crippen molar-refractivity contribution in [2.24, 2.45) is 0 Å². The number of benzene rings is 1. The van der Waals surface area contributed by atoms with Crippen LogP contribution >= 0.6 is 0 Å². The highest BCUT2D eigenvalue weighted by Gasteiger charge is 2.22. The second-order valence-corrected chi connectivity index (χ2v) is 6.73. The molecule has 3 rings (SSSR count). The van der Waals surface area contributed by atoms with E-state index >= 15 is 0 Å². The van der Waals surface area contributed by atoms with Crippen LogP contribution in [0, 0.1) is 0 Å². The van der Waals surface area contributed by atoms with E-state index in [9.17, 15) is 4.79 Å². The Labute approximate surface area is 160 Å². The number of hydrogen-bond acceptors (Lipinski definition) is 5. The number of likely N-dealkylation sites (tertiary alicyclic amines) is 1. The predicted octanol–water partition coefficient (Wildman–Crippen LogP) is 3.50. The summed E-state index contributed by atoms with van der Waals surface area (Å²) in [6.45, 7) is 7.85. The molecule has 1 amide bonds. The van der Waals surface area contributed by atoms with Gasteiger partial charge in [-0.2, -0.15) is 0 Å². The SMILES string of the molecule is CCOCCn1c(NC2CCCN(C(=O)OCC)CC2)nc2ccccc21. The highest BCUT2D eigenvalue weighted by molar-refractivity contribution is 5.78. The second-order valence-electron chi connectivity index (χ2n) is 6.73. The van der Waals surface area contributed by atoms with E-state index < -0.39 is 0 Å². The smallest absolute Gasteiger partial charge is 0.409 e. The van der Waals surface area contributed by atoms with Gasteiger partial charge in [0.2, 0.25) is 5.95 Å². The lowest BCUT2D eigenvalue weighted by molar-refractivity contribution is 0.108. The minimum Gasteiger partial charge on any atom is -0.450 e. The Morgan fingerprint density at radius 2 is 2.07 bits per heavy atom. The van der Waals surface area contributed by atoms with Crippen molar-refractivity contribution in [1.82, 2.24) is 14.5 Å². The lowest BCUT2D eigenvalue weighted by atomic mass is 10.1. The minimum absolute atomic E-state index is 0.206. The molecule has 0 radical (unpaired) electrons. The molecule has 1 saturated heterocycles. The van der Waals surface area contributed by atoms with Gasteiger partial charge < -0.3 is 24.3 Å². The summed E-state index contributed by atoms with van der Waals surface area (Å²) in [5.74, 6) is 0.880. The molecule has 1 N–H and O–H groups in total. The molecular formula is C20H30N4O3. The van der Waals surface area contributed by atoms with Crippen molar-refractivity contribution in [3.05, 3.63) is 24.3 Å². The fourth-order valence-electron chi connectivity index (χ4n) is 3.53. The number of nitrogens with zero attached hydrogens (tertiary/aromatic N) is 3. The van der Waals surface area contributed by atoms with Gasteiger partial charge in [-0.3, -0.25) is 0 Å². The molecule has 1 fully saturated rings. The molecule has 27 heavy (non-hydrogen) atoms. The molecule has 1 aliphatic rings. The monoisotopic (exact) mass is 374 g/mol. The Morgan fingerprint density at radius 3 is 2.89 bits per heavy atom. The van der Waals surface area contributed by atoms with Crippen molar-refractivity contribution < 1.29 is 14.3 Å². The first-order chi connectivity index (χ1) is 13.2. The normalized spacial score (nSPS) is 17.7. The first-order valence-electron chi connectivity index (χ1n) is 9.94. The van der Waals surface area contributed by atoms with E-state index in [1.165, 1.54) is 0 Å². The molecule has 1 unspecified atom stereocenters. The number of carbonyl (C=O) groups excluding carboxylic acids is 1. The number of nitrogens with one attached hydrogen (secondary N) is 1. The van der Waals surface area contributed by atoms with Crippen molar-refractivity contribution in [3.63, 3.8) is 0 Å². The van der Waals surface area contributed by atoms with Crippen LogP contribution in [0.2, 0.25) is 0 Å². The molecule has 1 aromatic carbocycles. The summed E-state index contributed by atoms with van der Waals surface area (Å²) in [6.07, 6.45) is 2.63.